The van der Waals surface area contributed by atoms with Crippen LogP contribution in [0.5, 0.6) is 0 Å². The van der Waals surface area contributed by atoms with Gasteiger partial charge in [0.25, 0.3) is 11.8 Å². The molecule has 2 aromatic heterocycles. The molecule has 3 saturated carbocycles. The van der Waals surface area contributed by atoms with E-state index in [4.69, 9.17) is 9.47 Å². The van der Waals surface area contributed by atoms with Crippen molar-refractivity contribution in [3.05, 3.63) is 46.2 Å². The molecule has 0 radical (unpaired) electrons. The Morgan fingerprint density at radius 3 is 2.31 bits per heavy atom. The molecule has 0 saturated heterocycles. The van der Waals surface area contributed by atoms with Gasteiger partial charge in [0.2, 0.25) is 5.91 Å². The van der Waals surface area contributed by atoms with Crippen molar-refractivity contribution >= 4 is 41.0 Å². The van der Waals surface area contributed by atoms with Gasteiger partial charge in [-0.15, -0.1) is 11.3 Å². The molecule has 0 spiro atoms. The number of aromatic nitrogens is 2. The van der Waals surface area contributed by atoms with Crippen molar-refractivity contribution in [1.82, 2.24) is 25.5 Å². The highest BCUT2D eigenvalue weighted by molar-refractivity contribution is 7.09. The van der Waals surface area contributed by atoms with Crippen LogP contribution in [0, 0.1) is 17.3 Å². The number of ether oxygens (including phenoxy) is 2. The largest absolute Gasteiger partial charge is 0.469 e. The number of hydrogen-bond acceptors (Lipinski definition) is 10. The topological polar surface area (TPSA) is 157 Å². The van der Waals surface area contributed by atoms with Crippen molar-refractivity contribution in [1.29, 1.82) is 0 Å². The fraction of sp³-hybridized carbons (Fsp3) is 0.594. The van der Waals surface area contributed by atoms with E-state index in [1.54, 1.807) is 35.5 Å². The molecule has 3 aliphatic rings. The Labute approximate surface area is 267 Å². The minimum absolute atomic E-state index is 0.0461. The second-order valence-corrected chi connectivity index (χ2v) is 13.6. The van der Waals surface area contributed by atoms with Crippen LogP contribution in [0.2, 0.25) is 0 Å². The maximum atomic E-state index is 13.9. The molecule has 3 aliphatic carbocycles. The molecule has 13 heteroatoms. The smallest absolute Gasteiger partial charge is 0.312 e. The molecule has 3 fully saturated rings. The zero-order valence-corrected chi connectivity index (χ0v) is 27.7. The van der Waals surface area contributed by atoms with Crippen molar-refractivity contribution in [3.8, 4) is 0 Å². The second-order valence-electron chi connectivity index (χ2n) is 12.8. The second kappa shape index (κ2) is 13.6. The first-order valence-corrected chi connectivity index (χ1v) is 16.1. The third-order valence-electron chi connectivity index (χ3n) is 9.10. The zero-order chi connectivity index (χ0) is 33.1. The molecule has 0 aromatic carbocycles. The van der Waals surface area contributed by atoms with Crippen molar-refractivity contribution in [3.63, 3.8) is 0 Å². The first-order chi connectivity index (χ1) is 21.2. The molecular weight excluding hydrogens is 598 g/mol. The highest BCUT2D eigenvalue weighted by atomic mass is 32.1. The van der Waals surface area contributed by atoms with Gasteiger partial charge in [0, 0.05) is 43.5 Å². The summed E-state index contributed by atoms with van der Waals surface area (Å²) in [5.41, 5.74) is -0.491. The normalized spacial score (nSPS) is 22.5. The lowest BCUT2D eigenvalue weighted by atomic mass is 9.39. The summed E-state index contributed by atoms with van der Waals surface area (Å²) in [5.74, 6) is -2.02. The van der Waals surface area contributed by atoms with Gasteiger partial charge in [-0.05, 0) is 43.2 Å². The van der Waals surface area contributed by atoms with Crippen molar-refractivity contribution in [2.24, 2.45) is 17.3 Å². The van der Waals surface area contributed by atoms with Gasteiger partial charge in [-0.25, -0.2) is 4.98 Å². The average molecular weight is 642 g/mol. The number of thiazole rings is 1. The van der Waals surface area contributed by atoms with E-state index in [9.17, 15) is 24.0 Å². The number of rotatable bonds is 14. The van der Waals surface area contributed by atoms with Gasteiger partial charge < -0.3 is 25.0 Å². The van der Waals surface area contributed by atoms with E-state index in [1.807, 2.05) is 27.7 Å². The summed E-state index contributed by atoms with van der Waals surface area (Å²) >= 11 is 1.20. The van der Waals surface area contributed by atoms with Gasteiger partial charge in [-0.3, -0.25) is 29.0 Å². The lowest BCUT2D eigenvalue weighted by Crippen LogP contribution is -2.77. The summed E-state index contributed by atoms with van der Waals surface area (Å²) in [6.07, 6.45) is 3.24. The Hall–Kier alpha value is -3.87. The predicted octanol–water partition coefficient (Wildman–Crippen LogP) is 3.69. The van der Waals surface area contributed by atoms with Crippen LogP contribution in [0.4, 0.5) is 0 Å². The van der Waals surface area contributed by atoms with E-state index in [-0.39, 0.29) is 47.4 Å². The third kappa shape index (κ3) is 7.18. The Morgan fingerprint density at radius 2 is 1.76 bits per heavy atom. The third-order valence-corrected chi connectivity index (χ3v) is 10.0. The quantitative estimate of drug-likeness (QED) is 0.294. The number of pyridine rings is 1. The van der Waals surface area contributed by atoms with Crippen LogP contribution in [-0.4, -0.2) is 76.3 Å². The minimum atomic E-state index is -0.806. The van der Waals surface area contributed by atoms with E-state index in [0.717, 1.165) is 0 Å². The van der Waals surface area contributed by atoms with Gasteiger partial charge in [0.1, 0.15) is 22.4 Å². The van der Waals surface area contributed by atoms with Gasteiger partial charge in [0.15, 0.2) is 6.10 Å². The molecule has 2 aromatic rings. The number of nitrogens with one attached hydrogen (secondary N) is 2. The van der Waals surface area contributed by atoms with E-state index >= 15 is 0 Å². The van der Waals surface area contributed by atoms with Crippen molar-refractivity contribution in [2.45, 2.75) is 90.4 Å². The summed E-state index contributed by atoms with van der Waals surface area (Å²) in [5, 5.41) is 7.95. The monoisotopic (exact) mass is 641 g/mol. The van der Waals surface area contributed by atoms with E-state index in [0.29, 0.717) is 30.7 Å². The van der Waals surface area contributed by atoms with Crippen LogP contribution in [0.25, 0.3) is 0 Å². The van der Waals surface area contributed by atoms with Crippen molar-refractivity contribution < 1.29 is 33.4 Å². The molecule has 5 rings (SSSR count). The van der Waals surface area contributed by atoms with E-state index in [1.165, 1.54) is 31.6 Å². The highest BCUT2D eigenvalue weighted by Gasteiger charge is 2.73. The van der Waals surface area contributed by atoms with Crippen LogP contribution in [-0.2, 0) is 23.9 Å². The Bertz CT molecular complexity index is 1410. The fourth-order valence-corrected chi connectivity index (χ4v) is 7.31. The first-order valence-electron chi connectivity index (χ1n) is 15.3. The Balaban J connectivity index is 1.47. The standard InChI is InChI=1S/C32H43N5O7S/c1-8-19(4)25(35-26(39)21-11-9-10-12-33-21)29(41)37(6)23(18(2)3)13-24(44-20(5)38)28-34-22(14-45-28)27(40)36-32-15-31(16-32,17-32)30(42)43-7/h9-12,14,18-19,23-25H,8,13,15-17H2,1-7H3,(H,35,39)(H,36,40)/t19-,23-,24-,25+,31?,32?/m1/s1. The number of methoxy groups -OCH3 is 1. The van der Waals surface area contributed by atoms with Crippen LogP contribution < -0.4 is 10.6 Å². The molecule has 2 N–H and O–H groups in total. The lowest BCUT2D eigenvalue weighted by molar-refractivity contribution is -0.199. The van der Waals surface area contributed by atoms with Crippen molar-refractivity contribution in [2.75, 3.05) is 14.2 Å². The van der Waals surface area contributed by atoms with Crippen LogP contribution >= 0.6 is 11.3 Å². The fourth-order valence-electron chi connectivity index (χ4n) is 6.47. The summed E-state index contributed by atoms with van der Waals surface area (Å²) in [6.45, 7) is 9.10. The Morgan fingerprint density at radius 1 is 1.07 bits per heavy atom. The van der Waals surface area contributed by atoms with E-state index in [2.05, 4.69) is 20.6 Å². The molecule has 3 amide bonds. The zero-order valence-electron chi connectivity index (χ0n) is 26.9. The lowest BCUT2D eigenvalue weighted by Gasteiger charge is -2.68. The van der Waals surface area contributed by atoms with Gasteiger partial charge >= 0.3 is 11.9 Å². The van der Waals surface area contributed by atoms with Crippen LogP contribution in [0.15, 0.2) is 29.8 Å². The molecule has 12 nitrogen and oxygen atoms in total. The van der Waals surface area contributed by atoms with Gasteiger partial charge in [-0.2, -0.15) is 0 Å². The molecule has 244 valence electrons. The SMILES string of the molecule is CC[C@@H](C)[C@H](NC(=O)c1ccccn1)C(=O)N(C)[C@H](C[C@@H](OC(C)=O)c1nc(C(=O)NC23CC(C(=O)OC)(C2)C3)cs1)C(C)C. The number of carbonyl (C=O) groups excluding carboxylic acids is 5. The molecule has 0 aliphatic heterocycles. The Kier molecular flexibility index (Phi) is 10.3. The van der Waals surface area contributed by atoms with E-state index < -0.39 is 41.0 Å². The number of amides is 3. The summed E-state index contributed by atoms with van der Waals surface area (Å²) in [4.78, 5) is 74.4. The number of carbonyl (C=O) groups is 5. The summed E-state index contributed by atoms with van der Waals surface area (Å²) in [7, 11) is 3.05. The first kappa shape index (κ1) is 34.0. The van der Waals surface area contributed by atoms with Crippen LogP contribution in [0.1, 0.15) is 98.8 Å². The highest BCUT2D eigenvalue weighted by Crippen LogP contribution is 2.67. The number of likely N-dealkylation sites (N-methyl/N-ethyl adjacent to an activating group) is 1. The molecular formula is C32H43N5O7S. The number of nitrogens with zero attached hydrogens (tertiary/aromatic N) is 3. The number of hydrogen-bond donors (Lipinski definition) is 2. The molecule has 4 atom stereocenters. The van der Waals surface area contributed by atoms with Crippen LogP contribution in [0.3, 0.4) is 0 Å². The summed E-state index contributed by atoms with van der Waals surface area (Å²) in [6, 6.07) is 3.82. The molecule has 45 heavy (non-hydrogen) atoms. The average Bonchev–Trinajstić information content (AvgIpc) is 3.48. The van der Waals surface area contributed by atoms with Gasteiger partial charge in [-0.1, -0.05) is 40.2 Å². The molecule has 2 bridgehead atoms. The number of esters is 2. The molecule has 2 heterocycles. The maximum absolute atomic E-state index is 13.9. The van der Waals surface area contributed by atoms with Gasteiger partial charge in [0.05, 0.1) is 12.5 Å². The maximum Gasteiger partial charge on any atom is 0.312 e. The summed E-state index contributed by atoms with van der Waals surface area (Å²) < 4.78 is 10.6. The predicted molar refractivity (Wildman–Crippen MR) is 166 cm³/mol. The molecule has 0 unspecified atom stereocenters. The minimum Gasteiger partial charge on any atom is -0.469 e.